The van der Waals surface area contributed by atoms with Gasteiger partial charge in [-0.3, -0.25) is 0 Å². The van der Waals surface area contributed by atoms with E-state index in [2.05, 4.69) is 157 Å². The molecule has 0 fully saturated rings. The quantitative estimate of drug-likeness (QED) is 0.218. The second-order valence-corrected chi connectivity index (χ2v) is 12.1. The summed E-state index contributed by atoms with van der Waals surface area (Å²) in [6, 6.07) is 41.1. The van der Waals surface area contributed by atoms with Crippen LogP contribution in [-0.4, -0.2) is 18.3 Å². The van der Waals surface area contributed by atoms with Crippen LogP contribution < -0.4 is 14.5 Å². The van der Waals surface area contributed by atoms with Crippen molar-refractivity contribution >= 4 is 38.9 Å². The molecule has 0 saturated heterocycles. The van der Waals surface area contributed by atoms with Gasteiger partial charge in [-0.1, -0.05) is 81.4 Å². The summed E-state index contributed by atoms with van der Waals surface area (Å²) in [5.74, 6) is 1.70. The van der Waals surface area contributed by atoms with E-state index in [1.54, 1.807) is 0 Å². The number of nitrogens with zero attached hydrogens (tertiary/aromatic N) is 3. The smallest absolute Gasteiger partial charge is 0.129 e. The molecule has 6 aromatic rings. The lowest BCUT2D eigenvalue weighted by Gasteiger charge is -2.25. The molecule has 0 amide bonds. The first-order chi connectivity index (χ1) is 19.8. The van der Waals surface area contributed by atoms with E-state index in [-0.39, 0.29) is 5.41 Å². The molecule has 204 valence electrons. The summed E-state index contributed by atoms with van der Waals surface area (Å²) in [5, 5.41) is 2.45. The average molecular weight is 538 g/mol. The molecule has 1 aliphatic rings. The van der Waals surface area contributed by atoms with E-state index in [0.717, 1.165) is 30.4 Å². The normalized spacial score (nSPS) is 13.3. The lowest BCUT2D eigenvalue weighted by Crippen LogP contribution is -2.24. The molecular weight excluding hydrogens is 502 g/mol. The number of ether oxygens (including phenoxy) is 1. The van der Waals surface area contributed by atoms with Gasteiger partial charge >= 0.3 is 0 Å². The van der Waals surface area contributed by atoms with Crippen LogP contribution in [-0.2, 0) is 12.0 Å². The van der Waals surface area contributed by atoms with Gasteiger partial charge < -0.3 is 19.1 Å². The van der Waals surface area contributed by atoms with E-state index in [4.69, 9.17) is 4.74 Å². The van der Waals surface area contributed by atoms with Crippen LogP contribution in [0.25, 0.3) is 21.8 Å². The van der Waals surface area contributed by atoms with Gasteiger partial charge in [-0.2, -0.15) is 0 Å². The predicted molar refractivity (Wildman–Crippen MR) is 172 cm³/mol. The fourth-order valence-electron chi connectivity index (χ4n) is 6.00. The number of para-hydroxylation sites is 3. The molecule has 7 rings (SSSR count). The molecule has 4 nitrogen and oxygen atoms in total. The van der Waals surface area contributed by atoms with Gasteiger partial charge in [0.05, 0.1) is 18.0 Å². The fourth-order valence-corrected chi connectivity index (χ4v) is 6.00. The molecule has 0 bridgehead atoms. The van der Waals surface area contributed by atoms with Crippen molar-refractivity contribution in [1.29, 1.82) is 0 Å². The summed E-state index contributed by atoms with van der Waals surface area (Å²) in [5.41, 5.74) is 8.57. The first-order valence-corrected chi connectivity index (χ1v) is 14.3. The highest BCUT2D eigenvalue weighted by Gasteiger charge is 2.26. The number of hydrogen-bond donors (Lipinski definition) is 0. The first kappa shape index (κ1) is 25.3. The highest BCUT2D eigenvalue weighted by Crippen LogP contribution is 2.43. The first-order valence-electron chi connectivity index (χ1n) is 14.3. The molecule has 0 atom stereocenters. The number of fused-ring (bicyclic) bond motifs is 4. The van der Waals surface area contributed by atoms with Gasteiger partial charge in [0.2, 0.25) is 0 Å². The molecule has 1 aromatic heterocycles. The topological polar surface area (TPSA) is 20.6 Å². The Morgan fingerprint density at radius 3 is 2.17 bits per heavy atom. The van der Waals surface area contributed by atoms with Crippen molar-refractivity contribution in [2.75, 3.05) is 23.5 Å². The van der Waals surface area contributed by atoms with E-state index in [1.807, 2.05) is 0 Å². The summed E-state index contributed by atoms with van der Waals surface area (Å²) < 4.78 is 9.07. The third-order valence-electron chi connectivity index (χ3n) is 8.17. The largest absolute Gasteiger partial charge is 0.457 e. The minimum Gasteiger partial charge on any atom is -0.457 e. The van der Waals surface area contributed by atoms with Gasteiger partial charge in [-0.25, -0.2) is 0 Å². The molecule has 0 radical (unpaired) electrons. The summed E-state index contributed by atoms with van der Waals surface area (Å²) in [6.45, 7) is 8.40. The van der Waals surface area contributed by atoms with Crippen molar-refractivity contribution < 1.29 is 4.74 Å². The number of rotatable bonds is 5. The third kappa shape index (κ3) is 4.59. The lowest BCUT2D eigenvalue weighted by atomic mass is 9.86. The summed E-state index contributed by atoms with van der Waals surface area (Å²) >= 11 is 0. The Kier molecular flexibility index (Phi) is 6.01. The van der Waals surface area contributed by atoms with Crippen molar-refractivity contribution in [3.63, 3.8) is 0 Å². The van der Waals surface area contributed by atoms with Gasteiger partial charge in [-0.15, -0.1) is 0 Å². The zero-order valence-corrected chi connectivity index (χ0v) is 24.1. The number of anilines is 3. The standard InChI is InChI=1S/C37H35N3O/c1-37(2,3)27-20-28(40-25-38(4)35-16-10-11-17-36(35)40)22-30(21-27)41-29-18-19-34-32(23-29)31-14-8-9-15-33(31)39(34)24-26-12-6-5-7-13-26/h5-23H,24-25H2,1-4H3. The van der Waals surface area contributed by atoms with E-state index in [0.29, 0.717) is 0 Å². The highest BCUT2D eigenvalue weighted by molar-refractivity contribution is 6.08. The zero-order chi connectivity index (χ0) is 28.1. The van der Waals surface area contributed by atoms with Crippen molar-refractivity contribution in [3.05, 3.63) is 126 Å². The van der Waals surface area contributed by atoms with Crippen molar-refractivity contribution in [2.45, 2.75) is 32.7 Å². The van der Waals surface area contributed by atoms with Crippen molar-refractivity contribution in [1.82, 2.24) is 4.57 Å². The van der Waals surface area contributed by atoms with Gasteiger partial charge in [-0.05, 0) is 65.1 Å². The lowest BCUT2D eigenvalue weighted by molar-refractivity contribution is 0.479. The maximum atomic E-state index is 6.66. The van der Waals surface area contributed by atoms with E-state index < -0.39 is 0 Å². The molecule has 0 spiro atoms. The monoisotopic (exact) mass is 537 g/mol. The van der Waals surface area contributed by atoms with E-state index in [1.165, 1.54) is 44.3 Å². The molecule has 0 saturated carbocycles. The van der Waals surface area contributed by atoms with E-state index in [9.17, 15) is 0 Å². The summed E-state index contributed by atoms with van der Waals surface area (Å²) in [4.78, 5) is 4.66. The summed E-state index contributed by atoms with van der Waals surface area (Å²) in [6.07, 6.45) is 0. The van der Waals surface area contributed by atoms with Crippen molar-refractivity contribution in [2.24, 2.45) is 0 Å². The number of benzene rings is 5. The highest BCUT2D eigenvalue weighted by atomic mass is 16.5. The van der Waals surface area contributed by atoms with Crippen LogP contribution in [0.3, 0.4) is 0 Å². The second-order valence-electron chi connectivity index (χ2n) is 12.1. The molecule has 2 heterocycles. The minimum absolute atomic E-state index is 0.0198. The molecular formula is C37H35N3O. The van der Waals surface area contributed by atoms with E-state index >= 15 is 0 Å². The van der Waals surface area contributed by atoms with Crippen LogP contribution in [0, 0.1) is 0 Å². The van der Waals surface area contributed by atoms with Crippen LogP contribution in [0.4, 0.5) is 17.1 Å². The minimum atomic E-state index is -0.0198. The zero-order valence-electron chi connectivity index (χ0n) is 24.1. The molecule has 0 unspecified atom stereocenters. The maximum Gasteiger partial charge on any atom is 0.129 e. The third-order valence-corrected chi connectivity index (χ3v) is 8.17. The Morgan fingerprint density at radius 2 is 1.37 bits per heavy atom. The van der Waals surface area contributed by atoms with Crippen LogP contribution >= 0.6 is 0 Å². The molecule has 4 heteroatoms. The Hall–Kier alpha value is -4.70. The molecule has 0 aliphatic carbocycles. The Morgan fingerprint density at radius 1 is 0.659 bits per heavy atom. The van der Waals surface area contributed by atoms with Crippen LogP contribution in [0.1, 0.15) is 31.9 Å². The van der Waals surface area contributed by atoms with Gasteiger partial charge in [0.25, 0.3) is 0 Å². The van der Waals surface area contributed by atoms with Gasteiger partial charge in [0.15, 0.2) is 0 Å². The van der Waals surface area contributed by atoms with Crippen LogP contribution in [0.5, 0.6) is 11.5 Å². The predicted octanol–water partition coefficient (Wildman–Crippen LogP) is 9.48. The number of aromatic nitrogens is 1. The maximum absolute atomic E-state index is 6.66. The molecule has 0 N–H and O–H groups in total. The second kappa shape index (κ2) is 9.74. The average Bonchev–Trinajstić information content (AvgIpc) is 3.48. The Labute approximate surface area is 242 Å². The summed E-state index contributed by atoms with van der Waals surface area (Å²) in [7, 11) is 2.15. The van der Waals surface area contributed by atoms with Gasteiger partial charge in [0.1, 0.15) is 11.5 Å². The number of hydrogen-bond acceptors (Lipinski definition) is 3. The van der Waals surface area contributed by atoms with Crippen molar-refractivity contribution in [3.8, 4) is 11.5 Å². The molecule has 41 heavy (non-hydrogen) atoms. The SMILES string of the molecule is CN1CN(c2cc(Oc3ccc4c(c3)c3ccccc3n4Cc3ccccc3)cc(C(C)(C)C)c2)c2ccccc21. The fraction of sp³-hybridized carbons (Fsp3) is 0.189. The molecule has 1 aliphatic heterocycles. The van der Waals surface area contributed by atoms with Crippen LogP contribution in [0.2, 0.25) is 0 Å². The van der Waals surface area contributed by atoms with Crippen LogP contribution in [0.15, 0.2) is 115 Å². The Balaban J connectivity index is 1.29. The van der Waals surface area contributed by atoms with Gasteiger partial charge in [0, 0.05) is 47.2 Å². The Bertz CT molecular complexity index is 1880. The molecule has 5 aromatic carbocycles.